The van der Waals surface area contributed by atoms with E-state index in [1.807, 2.05) is 36.4 Å². The van der Waals surface area contributed by atoms with Crippen LogP contribution >= 0.6 is 11.6 Å². The molecule has 0 radical (unpaired) electrons. The van der Waals surface area contributed by atoms with Crippen molar-refractivity contribution in [1.29, 1.82) is 0 Å². The van der Waals surface area contributed by atoms with Crippen LogP contribution in [0.2, 0.25) is 5.02 Å². The predicted octanol–water partition coefficient (Wildman–Crippen LogP) is 4.48. The van der Waals surface area contributed by atoms with Crippen molar-refractivity contribution in [2.24, 2.45) is 0 Å². The SMILES string of the molecule is O=Cc1cccc(Cl)c1C(O)C(O)CCNC(=O)OCC1c2ccccc2-c2ccccc21. The van der Waals surface area contributed by atoms with Gasteiger partial charge < -0.3 is 20.3 Å². The number of hydrogen-bond acceptors (Lipinski definition) is 5. The molecule has 33 heavy (non-hydrogen) atoms. The first kappa shape index (κ1) is 23.0. The summed E-state index contributed by atoms with van der Waals surface area (Å²) in [6.07, 6.45) is -2.56. The molecule has 3 N–H and O–H groups in total. The molecule has 1 aliphatic carbocycles. The van der Waals surface area contributed by atoms with E-state index < -0.39 is 18.3 Å². The van der Waals surface area contributed by atoms with Gasteiger partial charge in [-0.25, -0.2) is 4.79 Å². The molecule has 1 amide bonds. The lowest BCUT2D eigenvalue weighted by atomic mass is 9.97. The van der Waals surface area contributed by atoms with Gasteiger partial charge in [-0.2, -0.15) is 0 Å². The third-order valence-electron chi connectivity index (χ3n) is 5.93. The van der Waals surface area contributed by atoms with E-state index in [0.717, 1.165) is 22.3 Å². The number of fused-ring (bicyclic) bond motifs is 3. The molecule has 2 unspecified atom stereocenters. The first-order chi connectivity index (χ1) is 16.0. The quantitative estimate of drug-likeness (QED) is 0.426. The molecule has 0 spiro atoms. The number of aliphatic hydroxyl groups is 2. The van der Waals surface area contributed by atoms with Gasteiger partial charge in [-0.05, 0) is 34.7 Å². The predicted molar refractivity (Wildman–Crippen MR) is 125 cm³/mol. The Labute approximate surface area is 196 Å². The topological polar surface area (TPSA) is 95.9 Å². The fraction of sp³-hybridized carbons (Fsp3) is 0.231. The number of benzene rings is 3. The van der Waals surface area contributed by atoms with Crippen LogP contribution in [0, 0.1) is 0 Å². The van der Waals surface area contributed by atoms with Gasteiger partial charge in [-0.3, -0.25) is 4.79 Å². The molecule has 0 fully saturated rings. The zero-order valence-electron chi connectivity index (χ0n) is 17.8. The van der Waals surface area contributed by atoms with Crippen LogP contribution in [-0.4, -0.2) is 41.8 Å². The van der Waals surface area contributed by atoms with E-state index >= 15 is 0 Å². The summed E-state index contributed by atoms with van der Waals surface area (Å²) >= 11 is 6.09. The largest absolute Gasteiger partial charge is 0.449 e. The van der Waals surface area contributed by atoms with Crippen LogP contribution in [0.3, 0.4) is 0 Å². The Kier molecular flexibility index (Phi) is 7.08. The normalized spacial score (nSPS) is 14.2. The molecule has 3 aromatic carbocycles. The Morgan fingerprint density at radius 2 is 1.64 bits per heavy atom. The van der Waals surface area contributed by atoms with Crippen molar-refractivity contribution in [1.82, 2.24) is 5.32 Å². The Morgan fingerprint density at radius 3 is 2.27 bits per heavy atom. The molecule has 0 aliphatic heterocycles. The minimum absolute atomic E-state index is 0.0439. The van der Waals surface area contributed by atoms with Crippen LogP contribution in [0.1, 0.15) is 45.5 Å². The molecule has 170 valence electrons. The number of hydrogen-bond donors (Lipinski definition) is 3. The third kappa shape index (κ3) is 4.78. The number of rotatable bonds is 8. The van der Waals surface area contributed by atoms with Crippen molar-refractivity contribution < 1.29 is 24.5 Å². The number of alkyl carbamates (subject to hydrolysis) is 1. The molecule has 0 saturated carbocycles. The van der Waals surface area contributed by atoms with Crippen LogP contribution in [0.15, 0.2) is 66.7 Å². The summed E-state index contributed by atoms with van der Waals surface area (Å²) in [4.78, 5) is 23.5. The minimum atomic E-state index is -1.36. The maximum Gasteiger partial charge on any atom is 0.407 e. The number of carbonyl (C=O) groups excluding carboxylic acids is 2. The van der Waals surface area contributed by atoms with Crippen LogP contribution < -0.4 is 5.32 Å². The third-order valence-corrected chi connectivity index (χ3v) is 6.26. The highest BCUT2D eigenvalue weighted by molar-refractivity contribution is 6.31. The fourth-order valence-electron chi connectivity index (χ4n) is 4.29. The molecule has 1 aliphatic rings. The summed E-state index contributed by atoms with van der Waals surface area (Å²) in [5.74, 6) is -0.0439. The van der Waals surface area contributed by atoms with E-state index in [2.05, 4.69) is 17.4 Å². The molecular formula is C26H24ClNO5. The molecule has 4 rings (SSSR count). The first-order valence-corrected chi connectivity index (χ1v) is 11.1. The second kappa shape index (κ2) is 10.2. The molecule has 6 nitrogen and oxygen atoms in total. The number of halogens is 1. The van der Waals surface area contributed by atoms with Gasteiger partial charge in [-0.15, -0.1) is 0 Å². The highest BCUT2D eigenvalue weighted by atomic mass is 35.5. The Hall–Kier alpha value is -3.19. The van der Waals surface area contributed by atoms with Gasteiger partial charge in [0.2, 0.25) is 0 Å². The maximum absolute atomic E-state index is 12.3. The highest BCUT2D eigenvalue weighted by Gasteiger charge is 2.29. The van der Waals surface area contributed by atoms with Crippen LogP contribution in [0.4, 0.5) is 4.79 Å². The summed E-state index contributed by atoms with van der Waals surface area (Å²) in [7, 11) is 0. The second-order valence-electron chi connectivity index (χ2n) is 7.91. The van der Waals surface area contributed by atoms with Crippen molar-refractivity contribution in [3.8, 4) is 11.1 Å². The smallest absolute Gasteiger partial charge is 0.407 e. The first-order valence-electron chi connectivity index (χ1n) is 10.7. The van der Waals surface area contributed by atoms with E-state index in [-0.39, 0.29) is 41.6 Å². The molecule has 3 aromatic rings. The lowest BCUT2D eigenvalue weighted by Gasteiger charge is -2.21. The van der Waals surface area contributed by atoms with Crippen LogP contribution in [-0.2, 0) is 4.74 Å². The zero-order chi connectivity index (χ0) is 23.4. The van der Waals surface area contributed by atoms with Crippen molar-refractivity contribution in [2.75, 3.05) is 13.2 Å². The molecule has 0 saturated heterocycles. The van der Waals surface area contributed by atoms with Gasteiger partial charge in [0, 0.05) is 28.6 Å². The molecule has 0 aromatic heterocycles. The molecule has 0 bridgehead atoms. The van der Waals surface area contributed by atoms with Gasteiger partial charge in [0.05, 0.1) is 6.10 Å². The Balaban J connectivity index is 1.31. The summed E-state index contributed by atoms with van der Waals surface area (Å²) in [6, 6.07) is 20.8. The molecule has 7 heteroatoms. The number of carbonyl (C=O) groups is 2. The lowest BCUT2D eigenvalue weighted by Crippen LogP contribution is -2.31. The molecular weight excluding hydrogens is 442 g/mol. The van der Waals surface area contributed by atoms with Crippen molar-refractivity contribution in [2.45, 2.75) is 24.5 Å². The van der Waals surface area contributed by atoms with E-state index in [4.69, 9.17) is 16.3 Å². The second-order valence-corrected chi connectivity index (χ2v) is 8.32. The molecule has 2 atom stereocenters. The number of aliphatic hydroxyl groups excluding tert-OH is 2. The Morgan fingerprint density at radius 1 is 1.00 bits per heavy atom. The van der Waals surface area contributed by atoms with Crippen molar-refractivity contribution in [3.63, 3.8) is 0 Å². The summed E-state index contributed by atoms with van der Waals surface area (Å²) in [5, 5.41) is 23.6. The zero-order valence-corrected chi connectivity index (χ0v) is 18.5. The van der Waals surface area contributed by atoms with Crippen molar-refractivity contribution >= 4 is 24.0 Å². The summed E-state index contributed by atoms with van der Waals surface area (Å²) < 4.78 is 5.46. The van der Waals surface area contributed by atoms with Gasteiger partial charge in [0.15, 0.2) is 0 Å². The lowest BCUT2D eigenvalue weighted by molar-refractivity contribution is 0.0134. The van der Waals surface area contributed by atoms with E-state index in [1.165, 1.54) is 12.1 Å². The van der Waals surface area contributed by atoms with Gasteiger partial charge >= 0.3 is 6.09 Å². The van der Waals surface area contributed by atoms with Gasteiger partial charge in [0.25, 0.3) is 0 Å². The van der Waals surface area contributed by atoms with Gasteiger partial charge in [-0.1, -0.05) is 72.3 Å². The maximum atomic E-state index is 12.3. The highest BCUT2D eigenvalue weighted by Crippen LogP contribution is 2.44. The van der Waals surface area contributed by atoms with E-state index in [0.29, 0.717) is 6.29 Å². The van der Waals surface area contributed by atoms with Crippen LogP contribution in [0.5, 0.6) is 0 Å². The fourth-order valence-corrected chi connectivity index (χ4v) is 4.58. The summed E-state index contributed by atoms with van der Waals surface area (Å²) in [6.45, 7) is 0.267. The molecule has 0 heterocycles. The monoisotopic (exact) mass is 465 g/mol. The summed E-state index contributed by atoms with van der Waals surface area (Å²) in [5.41, 5.74) is 4.91. The number of nitrogens with one attached hydrogen (secondary N) is 1. The minimum Gasteiger partial charge on any atom is -0.449 e. The van der Waals surface area contributed by atoms with E-state index in [1.54, 1.807) is 6.07 Å². The average Bonchev–Trinajstić information content (AvgIpc) is 3.15. The van der Waals surface area contributed by atoms with Crippen molar-refractivity contribution in [3.05, 3.63) is 94.0 Å². The number of ether oxygens (including phenoxy) is 1. The average molecular weight is 466 g/mol. The Bertz CT molecular complexity index is 1120. The van der Waals surface area contributed by atoms with E-state index in [9.17, 15) is 19.8 Å². The number of amides is 1. The van der Waals surface area contributed by atoms with Gasteiger partial charge in [0.1, 0.15) is 19.0 Å². The van der Waals surface area contributed by atoms with Crippen LogP contribution in [0.25, 0.3) is 11.1 Å². The number of aldehydes is 1. The standard InChI is InChI=1S/C26H24ClNO5/c27-22-11-5-6-16(14-29)24(22)25(31)23(30)12-13-28-26(32)33-15-21-19-9-3-1-7-17(19)18-8-2-4-10-20(18)21/h1-11,14,21,23,25,30-31H,12-13,15H2,(H,28,32).